The Hall–Kier alpha value is -0.400. The SMILES string of the molecule is CC(N)C1CCCN(S(=O)(=O)c2ccc(F)c(Cl)c2)C1.Cl. The number of hydrogen-bond acceptors (Lipinski definition) is 3. The minimum atomic E-state index is -3.64. The summed E-state index contributed by atoms with van der Waals surface area (Å²) in [6, 6.07) is 3.42. The van der Waals surface area contributed by atoms with Crippen LogP contribution in [0.15, 0.2) is 23.1 Å². The quantitative estimate of drug-likeness (QED) is 0.905. The lowest BCUT2D eigenvalue weighted by molar-refractivity contribution is 0.243. The average Bonchev–Trinajstić information content (AvgIpc) is 2.42. The van der Waals surface area contributed by atoms with Crippen molar-refractivity contribution < 1.29 is 12.8 Å². The van der Waals surface area contributed by atoms with Gasteiger partial charge in [-0.05, 0) is 43.9 Å². The number of piperidine rings is 1. The number of nitrogens with zero attached hydrogens (tertiary/aromatic N) is 1. The van der Waals surface area contributed by atoms with E-state index in [2.05, 4.69) is 0 Å². The Morgan fingerprint density at radius 1 is 1.48 bits per heavy atom. The molecule has 0 bridgehead atoms. The molecule has 2 rings (SSSR count). The van der Waals surface area contributed by atoms with E-state index >= 15 is 0 Å². The van der Waals surface area contributed by atoms with Gasteiger partial charge in [-0.25, -0.2) is 12.8 Å². The van der Waals surface area contributed by atoms with Crippen LogP contribution in [0, 0.1) is 11.7 Å². The van der Waals surface area contributed by atoms with Crippen LogP contribution in [-0.2, 0) is 10.0 Å². The maximum atomic E-state index is 13.1. The second-order valence-electron chi connectivity index (χ2n) is 5.20. The van der Waals surface area contributed by atoms with E-state index in [1.165, 1.54) is 10.4 Å². The van der Waals surface area contributed by atoms with Gasteiger partial charge in [0.2, 0.25) is 10.0 Å². The van der Waals surface area contributed by atoms with E-state index in [-0.39, 0.29) is 34.3 Å². The highest BCUT2D eigenvalue weighted by Crippen LogP contribution is 2.27. The van der Waals surface area contributed by atoms with Crippen molar-refractivity contribution in [2.75, 3.05) is 13.1 Å². The predicted molar refractivity (Wildman–Crippen MR) is 83.8 cm³/mol. The summed E-state index contributed by atoms with van der Waals surface area (Å²) >= 11 is 5.66. The third kappa shape index (κ3) is 4.07. The molecular weight excluding hydrogens is 338 g/mol. The zero-order valence-electron chi connectivity index (χ0n) is 11.6. The van der Waals surface area contributed by atoms with Gasteiger partial charge in [-0.1, -0.05) is 11.6 Å². The minimum absolute atomic E-state index is 0. The van der Waals surface area contributed by atoms with Crippen molar-refractivity contribution in [3.63, 3.8) is 0 Å². The first kappa shape index (κ1) is 18.6. The summed E-state index contributed by atoms with van der Waals surface area (Å²) < 4.78 is 39.6. The van der Waals surface area contributed by atoms with E-state index in [0.717, 1.165) is 25.0 Å². The van der Waals surface area contributed by atoms with Crippen molar-refractivity contribution in [3.05, 3.63) is 29.0 Å². The molecule has 1 aromatic carbocycles. The van der Waals surface area contributed by atoms with E-state index < -0.39 is 15.8 Å². The van der Waals surface area contributed by atoms with E-state index in [0.29, 0.717) is 13.1 Å². The maximum absolute atomic E-state index is 13.1. The van der Waals surface area contributed by atoms with Crippen molar-refractivity contribution in [1.82, 2.24) is 4.31 Å². The molecule has 1 heterocycles. The lowest BCUT2D eigenvalue weighted by Gasteiger charge is -2.33. The Morgan fingerprint density at radius 2 is 2.14 bits per heavy atom. The number of rotatable bonds is 3. The van der Waals surface area contributed by atoms with Gasteiger partial charge >= 0.3 is 0 Å². The average molecular weight is 357 g/mol. The monoisotopic (exact) mass is 356 g/mol. The van der Waals surface area contributed by atoms with Crippen LogP contribution in [-0.4, -0.2) is 31.9 Å². The number of hydrogen-bond donors (Lipinski definition) is 1. The smallest absolute Gasteiger partial charge is 0.243 e. The zero-order chi connectivity index (χ0) is 14.9. The van der Waals surface area contributed by atoms with Crippen LogP contribution in [0.1, 0.15) is 19.8 Å². The molecule has 0 radical (unpaired) electrons. The lowest BCUT2D eigenvalue weighted by atomic mass is 9.93. The van der Waals surface area contributed by atoms with E-state index in [1.807, 2.05) is 6.92 Å². The van der Waals surface area contributed by atoms with Crippen molar-refractivity contribution >= 4 is 34.0 Å². The molecule has 1 aliphatic heterocycles. The highest BCUT2D eigenvalue weighted by atomic mass is 35.5. The largest absolute Gasteiger partial charge is 0.328 e. The molecule has 2 unspecified atom stereocenters. The molecular formula is C13H19Cl2FN2O2S. The highest BCUT2D eigenvalue weighted by molar-refractivity contribution is 7.89. The molecule has 1 fully saturated rings. The van der Waals surface area contributed by atoms with E-state index in [1.54, 1.807) is 0 Å². The Balaban J connectivity index is 0.00000220. The summed E-state index contributed by atoms with van der Waals surface area (Å²) in [7, 11) is -3.64. The second-order valence-corrected chi connectivity index (χ2v) is 7.55. The summed E-state index contributed by atoms with van der Waals surface area (Å²) in [5.41, 5.74) is 5.86. The fourth-order valence-corrected chi connectivity index (χ4v) is 4.22. The normalized spacial score (nSPS) is 21.6. The summed E-state index contributed by atoms with van der Waals surface area (Å²) in [6.45, 7) is 2.74. The summed E-state index contributed by atoms with van der Waals surface area (Å²) in [5, 5.41) is -0.188. The van der Waals surface area contributed by atoms with Crippen LogP contribution in [0.2, 0.25) is 5.02 Å². The number of nitrogens with two attached hydrogens (primary N) is 1. The van der Waals surface area contributed by atoms with Crippen molar-refractivity contribution in [3.8, 4) is 0 Å². The molecule has 1 saturated heterocycles. The van der Waals surface area contributed by atoms with E-state index in [4.69, 9.17) is 17.3 Å². The fraction of sp³-hybridized carbons (Fsp3) is 0.538. The lowest BCUT2D eigenvalue weighted by Crippen LogP contribution is -2.44. The minimum Gasteiger partial charge on any atom is -0.328 e. The van der Waals surface area contributed by atoms with Crippen molar-refractivity contribution in [1.29, 1.82) is 0 Å². The van der Waals surface area contributed by atoms with Crippen LogP contribution in [0.25, 0.3) is 0 Å². The Kier molecular flexibility index (Phi) is 6.43. The highest BCUT2D eigenvalue weighted by Gasteiger charge is 2.31. The molecule has 0 spiro atoms. The standard InChI is InChI=1S/C13H18ClFN2O2S.ClH/c1-9(16)10-3-2-6-17(8-10)20(18,19)11-4-5-13(15)12(14)7-11;/h4-5,7,9-10H,2-3,6,8,16H2,1H3;1H. The molecule has 21 heavy (non-hydrogen) atoms. The van der Waals surface area contributed by atoms with Gasteiger partial charge in [-0.15, -0.1) is 12.4 Å². The second kappa shape index (κ2) is 7.24. The van der Waals surface area contributed by atoms with Crippen LogP contribution in [0.3, 0.4) is 0 Å². The molecule has 0 aromatic heterocycles. The molecule has 120 valence electrons. The zero-order valence-corrected chi connectivity index (χ0v) is 14.0. The van der Waals surface area contributed by atoms with E-state index in [9.17, 15) is 12.8 Å². The molecule has 8 heteroatoms. The molecule has 1 aliphatic rings. The maximum Gasteiger partial charge on any atom is 0.243 e. The van der Waals surface area contributed by atoms with Crippen LogP contribution in [0.4, 0.5) is 4.39 Å². The van der Waals surface area contributed by atoms with Crippen LogP contribution >= 0.6 is 24.0 Å². The van der Waals surface area contributed by atoms with Crippen LogP contribution in [0.5, 0.6) is 0 Å². The predicted octanol–water partition coefficient (Wildman–Crippen LogP) is 2.65. The first-order chi connectivity index (χ1) is 9.32. The van der Waals surface area contributed by atoms with Gasteiger partial charge in [0.15, 0.2) is 0 Å². The number of halogens is 3. The summed E-state index contributed by atoms with van der Waals surface area (Å²) in [5.74, 6) is -0.479. The number of benzene rings is 1. The summed E-state index contributed by atoms with van der Waals surface area (Å²) in [6.07, 6.45) is 1.70. The van der Waals surface area contributed by atoms with Gasteiger partial charge in [0.05, 0.1) is 9.92 Å². The van der Waals surface area contributed by atoms with Crippen molar-refractivity contribution in [2.24, 2.45) is 11.7 Å². The van der Waals surface area contributed by atoms with Gasteiger partial charge in [0.1, 0.15) is 5.82 Å². The van der Waals surface area contributed by atoms with Gasteiger partial charge in [-0.3, -0.25) is 0 Å². The molecule has 1 aromatic rings. The Morgan fingerprint density at radius 3 is 2.71 bits per heavy atom. The number of sulfonamides is 1. The van der Waals surface area contributed by atoms with Crippen LogP contribution < -0.4 is 5.73 Å². The molecule has 4 nitrogen and oxygen atoms in total. The van der Waals surface area contributed by atoms with Gasteiger partial charge in [0.25, 0.3) is 0 Å². The van der Waals surface area contributed by atoms with Gasteiger partial charge in [0, 0.05) is 19.1 Å². The molecule has 2 atom stereocenters. The Labute approximate surface area is 135 Å². The fourth-order valence-electron chi connectivity index (χ4n) is 2.41. The third-order valence-corrected chi connectivity index (χ3v) is 5.84. The van der Waals surface area contributed by atoms with Crippen molar-refractivity contribution in [2.45, 2.75) is 30.7 Å². The van der Waals surface area contributed by atoms with Gasteiger partial charge in [-0.2, -0.15) is 4.31 Å². The first-order valence-electron chi connectivity index (χ1n) is 6.53. The summed E-state index contributed by atoms with van der Waals surface area (Å²) in [4.78, 5) is 0.0224. The molecule has 0 aliphatic carbocycles. The third-order valence-electron chi connectivity index (χ3n) is 3.69. The topological polar surface area (TPSA) is 63.4 Å². The first-order valence-corrected chi connectivity index (χ1v) is 8.35. The molecule has 2 N–H and O–H groups in total. The molecule has 0 amide bonds. The molecule has 0 saturated carbocycles. The van der Waals surface area contributed by atoms with Gasteiger partial charge < -0.3 is 5.73 Å². The Bertz CT molecular complexity index is 596.